The molecule has 36 heavy (non-hydrogen) atoms. The highest BCUT2D eigenvalue weighted by Gasteiger charge is 2.26. The molecule has 0 spiro atoms. The molecular formula is C29H40N4O3. The van der Waals surface area contributed by atoms with Crippen LogP contribution in [-0.4, -0.2) is 90.6 Å². The van der Waals surface area contributed by atoms with Crippen LogP contribution >= 0.6 is 0 Å². The molecule has 0 aromatic heterocycles. The highest BCUT2D eigenvalue weighted by Crippen LogP contribution is 2.28. The summed E-state index contributed by atoms with van der Waals surface area (Å²) < 4.78 is 0. The van der Waals surface area contributed by atoms with Crippen molar-refractivity contribution in [1.82, 2.24) is 14.7 Å². The zero-order valence-corrected chi connectivity index (χ0v) is 22.1. The molecule has 4 rings (SSSR count). The third-order valence-electron chi connectivity index (χ3n) is 7.56. The van der Waals surface area contributed by atoms with Gasteiger partial charge >= 0.3 is 0 Å². The molecule has 2 atom stereocenters. The second-order valence-corrected chi connectivity index (χ2v) is 10.4. The summed E-state index contributed by atoms with van der Waals surface area (Å²) in [5.74, 6) is 0.472. The van der Waals surface area contributed by atoms with E-state index in [4.69, 9.17) is 0 Å². The quantitative estimate of drug-likeness (QED) is 0.643. The smallest absolute Gasteiger partial charge is 0.254 e. The lowest BCUT2D eigenvalue weighted by atomic mass is 9.91. The summed E-state index contributed by atoms with van der Waals surface area (Å²) in [7, 11) is 1.84. The standard InChI is InChI=1S/C29H40N4O3/c1-5-32(19-25(34)18-31-16-22(3)26-10-7-6-9-23(26)17-31)29(36)27-12-11-24(15-21(27)2)33-14-8-13-30(4)28(35)20-33/h6-7,9-12,15,22,25,34H,5,8,13-14,16-20H2,1-4H3. The van der Waals surface area contributed by atoms with Gasteiger partial charge in [0.1, 0.15) is 0 Å². The Kier molecular flexibility index (Phi) is 8.32. The van der Waals surface area contributed by atoms with E-state index in [1.807, 2.05) is 39.1 Å². The number of hydrogen-bond acceptors (Lipinski definition) is 5. The van der Waals surface area contributed by atoms with Crippen molar-refractivity contribution in [2.24, 2.45) is 0 Å². The Morgan fingerprint density at radius 1 is 1.17 bits per heavy atom. The molecule has 2 unspecified atom stereocenters. The van der Waals surface area contributed by atoms with Crippen molar-refractivity contribution in [2.75, 3.05) is 57.8 Å². The summed E-state index contributed by atoms with van der Waals surface area (Å²) in [6, 6.07) is 14.3. The Labute approximate surface area is 215 Å². The molecule has 194 valence electrons. The highest BCUT2D eigenvalue weighted by molar-refractivity contribution is 5.96. The minimum atomic E-state index is -0.619. The Bertz CT molecular complexity index is 1090. The van der Waals surface area contributed by atoms with E-state index in [1.54, 1.807) is 9.80 Å². The molecule has 7 nitrogen and oxygen atoms in total. The minimum absolute atomic E-state index is 0.0652. The van der Waals surface area contributed by atoms with Gasteiger partial charge in [0.2, 0.25) is 5.91 Å². The second-order valence-electron chi connectivity index (χ2n) is 10.4. The maximum absolute atomic E-state index is 13.4. The number of carbonyl (C=O) groups excluding carboxylic acids is 2. The first kappa shape index (κ1) is 26.2. The first-order valence-corrected chi connectivity index (χ1v) is 13.1. The van der Waals surface area contributed by atoms with Crippen LogP contribution in [0.15, 0.2) is 42.5 Å². The van der Waals surface area contributed by atoms with Gasteiger partial charge in [-0.1, -0.05) is 31.2 Å². The van der Waals surface area contributed by atoms with E-state index >= 15 is 0 Å². The van der Waals surface area contributed by atoms with E-state index in [0.717, 1.165) is 43.9 Å². The fraction of sp³-hybridized carbons (Fsp3) is 0.517. The molecule has 0 saturated carbocycles. The Morgan fingerprint density at radius 2 is 1.94 bits per heavy atom. The van der Waals surface area contributed by atoms with Crippen molar-refractivity contribution < 1.29 is 14.7 Å². The molecule has 1 saturated heterocycles. The lowest BCUT2D eigenvalue weighted by Crippen LogP contribution is -2.44. The van der Waals surface area contributed by atoms with E-state index < -0.39 is 6.10 Å². The average Bonchev–Trinajstić information content (AvgIpc) is 3.02. The van der Waals surface area contributed by atoms with E-state index in [0.29, 0.717) is 37.7 Å². The van der Waals surface area contributed by atoms with Crippen LogP contribution in [0.3, 0.4) is 0 Å². The number of likely N-dealkylation sites (N-methyl/N-ethyl adjacent to an activating group) is 2. The van der Waals surface area contributed by atoms with Crippen LogP contribution in [0.5, 0.6) is 0 Å². The Hall–Kier alpha value is -2.90. The maximum atomic E-state index is 13.4. The summed E-state index contributed by atoms with van der Waals surface area (Å²) >= 11 is 0. The number of aryl methyl sites for hydroxylation is 1. The molecule has 2 aliphatic rings. The normalized spacial score (nSPS) is 19.6. The summed E-state index contributed by atoms with van der Waals surface area (Å²) in [4.78, 5) is 33.6. The second kappa shape index (κ2) is 11.4. The molecule has 1 N–H and O–H groups in total. The minimum Gasteiger partial charge on any atom is -0.390 e. The van der Waals surface area contributed by atoms with Crippen LogP contribution in [0.25, 0.3) is 0 Å². The number of β-amino-alcohol motifs (C(OH)–C–C–N with tert-alkyl or cyclic N) is 1. The Morgan fingerprint density at radius 3 is 2.69 bits per heavy atom. The molecule has 2 aromatic rings. The van der Waals surface area contributed by atoms with Crippen molar-refractivity contribution >= 4 is 17.5 Å². The number of benzene rings is 2. The largest absolute Gasteiger partial charge is 0.390 e. The van der Waals surface area contributed by atoms with E-state index in [9.17, 15) is 14.7 Å². The van der Waals surface area contributed by atoms with Crippen molar-refractivity contribution in [3.63, 3.8) is 0 Å². The van der Waals surface area contributed by atoms with Gasteiger partial charge in [-0.3, -0.25) is 14.5 Å². The van der Waals surface area contributed by atoms with Crippen molar-refractivity contribution in [3.8, 4) is 0 Å². The summed E-state index contributed by atoms with van der Waals surface area (Å²) in [6.07, 6.45) is 0.302. The van der Waals surface area contributed by atoms with Gasteiger partial charge in [-0.05, 0) is 61.1 Å². The molecule has 0 aliphatic carbocycles. The zero-order chi connectivity index (χ0) is 25.8. The number of amides is 2. The number of carbonyl (C=O) groups is 2. The molecule has 7 heteroatoms. The lowest BCUT2D eigenvalue weighted by molar-refractivity contribution is -0.127. The SMILES string of the molecule is CCN(CC(O)CN1Cc2ccccc2C(C)C1)C(=O)c1ccc(N2CCCN(C)C(=O)C2)cc1C. The van der Waals surface area contributed by atoms with Crippen LogP contribution < -0.4 is 4.90 Å². The Balaban J connectivity index is 1.39. The van der Waals surface area contributed by atoms with Gasteiger partial charge in [0.15, 0.2) is 0 Å². The van der Waals surface area contributed by atoms with Crippen molar-refractivity contribution in [3.05, 3.63) is 64.7 Å². The summed E-state index contributed by atoms with van der Waals surface area (Å²) in [6.45, 7) is 11.2. The molecule has 2 heterocycles. The molecule has 1 fully saturated rings. The van der Waals surface area contributed by atoms with Gasteiger partial charge in [-0.2, -0.15) is 0 Å². The first-order valence-electron chi connectivity index (χ1n) is 13.1. The first-order chi connectivity index (χ1) is 17.3. The topological polar surface area (TPSA) is 67.3 Å². The number of anilines is 1. The number of rotatable bonds is 7. The lowest BCUT2D eigenvalue weighted by Gasteiger charge is -2.35. The van der Waals surface area contributed by atoms with Crippen molar-refractivity contribution in [1.29, 1.82) is 0 Å². The third kappa shape index (κ3) is 5.90. The number of aliphatic hydroxyl groups excluding tert-OH is 1. The summed E-state index contributed by atoms with van der Waals surface area (Å²) in [5, 5.41) is 10.9. The molecule has 0 radical (unpaired) electrons. The fourth-order valence-corrected chi connectivity index (χ4v) is 5.52. The number of nitrogens with zero attached hydrogens (tertiary/aromatic N) is 4. The number of fused-ring (bicyclic) bond motifs is 1. The van der Waals surface area contributed by atoms with Crippen LogP contribution in [-0.2, 0) is 11.3 Å². The van der Waals surface area contributed by atoms with Gasteiger partial charge in [-0.15, -0.1) is 0 Å². The highest BCUT2D eigenvalue weighted by atomic mass is 16.3. The fourth-order valence-electron chi connectivity index (χ4n) is 5.52. The molecular weight excluding hydrogens is 452 g/mol. The van der Waals surface area contributed by atoms with Gasteiger partial charge in [0.25, 0.3) is 5.91 Å². The molecule has 2 amide bonds. The van der Waals surface area contributed by atoms with Gasteiger partial charge in [-0.25, -0.2) is 0 Å². The van der Waals surface area contributed by atoms with Crippen molar-refractivity contribution in [2.45, 2.75) is 45.8 Å². The average molecular weight is 493 g/mol. The van der Waals surface area contributed by atoms with Gasteiger partial charge < -0.3 is 19.8 Å². The maximum Gasteiger partial charge on any atom is 0.254 e. The number of aliphatic hydroxyl groups is 1. The van der Waals surface area contributed by atoms with E-state index in [1.165, 1.54) is 11.1 Å². The predicted molar refractivity (Wildman–Crippen MR) is 143 cm³/mol. The predicted octanol–water partition coefficient (Wildman–Crippen LogP) is 3.11. The molecule has 0 bridgehead atoms. The van der Waals surface area contributed by atoms with Gasteiger partial charge in [0, 0.05) is 64.1 Å². The van der Waals surface area contributed by atoms with Crippen LogP contribution in [0.4, 0.5) is 5.69 Å². The van der Waals surface area contributed by atoms with Gasteiger partial charge in [0.05, 0.1) is 12.6 Å². The molecule has 2 aliphatic heterocycles. The van der Waals surface area contributed by atoms with E-state index in [-0.39, 0.29) is 11.8 Å². The van der Waals surface area contributed by atoms with Crippen LogP contribution in [0.2, 0.25) is 0 Å². The number of hydrogen-bond donors (Lipinski definition) is 1. The third-order valence-corrected chi connectivity index (χ3v) is 7.56. The summed E-state index contributed by atoms with van der Waals surface area (Å²) in [5.41, 5.74) is 5.21. The van der Waals surface area contributed by atoms with Crippen LogP contribution in [0, 0.1) is 6.92 Å². The zero-order valence-electron chi connectivity index (χ0n) is 22.1. The monoisotopic (exact) mass is 492 g/mol. The van der Waals surface area contributed by atoms with E-state index in [2.05, 4.69) is 41.0 Å². The van der Waals surface area contributed by atoms with Crippen LogP contribution in [0.1, 0.15) is 53.2 Å². The molecule has 2 aromatic carbocycles.